The van der Waals surface area contributed by atoms with Gasteiger partial charge in [-0.15, -0.1) is 0 Å². The smallest absolute Gasteiger partial charge is 0.0249 e. The van der Waals surface area contributed by atoms with Gasteiger partial charge in [-0.1, -0.05) is 29.8 Å². The Kier molecular flexibility index (Phi) is 4.13. The molecule has 1 heterocycles. The topological polar surface area (TPSA) is 29.1 Å². The summed E-state index contributed by atoms with van der Waals surface area (Å²) in [5.41, 5.74) is 2.63. The fourth-order valence-corrected chi connectivity index (χ4v) is 3.26. The third kappa shape index (κ3) is 3.42. The number of benzene rings is 1. The van der Waals surface area contributed by atoms with E-state index in [1.165, 1.54) is 11.1 Å². The lowest BCUT2D eigenvalue weighted by Gasteiger charge is -2.22. The summed E-state index contributed by atoms with van der Waals surface area (Å²) >= 11 is 0. The van der Waals surface area contributed by atoms with Crippen molar-refractivity contribution in [3.8, 4) is 0 Å². The molecule has 1 N–H and O–H groups in total. The summed E-state index contributed by atoms with van der Waals surface area (Å²) < 4.78 is 11.2. The number of aryl methyl sites for hydroxylation is 1. The number of nitrogens with one attached hydrogen (secondary N) is 1. The lowest BCUT2D eigenvalue weighted by atomic mass is 10.1. The zero-order chi connectivity index (χ0) is 11.4. The highest BCUT2D eigenvalue weighted by Crippen LogP contribution is 2.10. The van der Waals surface area contributed by atoms with Gasteiger partial charge in [0.05, 0.1) is 0 Å². The van der Waals surface area contributed by atoms with Crippen LogP contribution in [0.25, 0.3) is 0 Å². The van der Waals surface area contributed by atoms with E-state index < -0.39 is 10.8 Å². The third-order valence-corrected chi connectivity index (χ3v) is 4.49. The molecule has 1 fully saturated rings. The fourth-order valence-electron chi connectivity index (χ4n) is 1.97. The number of hydrogen-bond acceptors (Lipinski definition) is 2. The van der Waals surface area contributed by atoms with Crippen molar-refractivity contribution in [2.45, 2.75) is 32.4 Å². The van der Waals surface area contributed by atoms with Crippen LogP contribution >= 0.6 is 0 Å². The summed E-state index contributed by atoms with van der Waals surface area (Å²) in [5.74, 6) is 1.73. The molecule has 1 aliphatic heterocycles. The van der Waals surface area contributed by atoms with E-state index in [-0.39, 0.29) is 0 Å². The first-order chi connectivity index (χ1) is 7.74. The van der Waals surface area contributed by atoms with E-state index in [2.05, 4.69) is 36.5 Å². The molecule has 2 rings (SSSR count). The van der Waals surface area contributed by atoms with Crippen LogP contribution in [0.1, 0.15) is 24.0 Å². The second-order valence-corrected chi connectivity index (χ2v) is 6.18. The Bertz CT molecular complexity index is 351. The first-order valence-electron chi connectivity index (χ1n) is 5.88. The first-order valence-corrected chi connectivity index (χ1v) is 7.37. The van der Waals surface area contributed by atoms with Gasteiger partial charge in [0.1, 0.15) is 0 Å². The van der Waals surface area contributed by atoms with E-state index in [4.69, 9.17) is 0 Å². The van der Waals surface area contributed by atoms with Crippen molar-refractivity contribution in [3.63, 3.8) is 0 Å². The molecule has 0 bridgehead atoms. The first kappa shape index (κ1) is 11.8. The molecule has 16 heavy (non-hydrogen) atoms. The Morgan fingerprint density at radius 3 is 2.50 bits per heavy atom. The van der Waals surface area contributed by atoms with Gasteiger partial charge in [-0.25, -0.2) is 0 Å². The summed E-state index contributed by atoms with van der Waals surface area (Å²) in [6.07, 6.45) is 2.11. The zero-order valence-corrected chi connectivity index (χ0v) is 10.6. The summed E-state index contributed by atoms with van der Waals surface area (Å²) in [6, 6.07) is 9.19. The van der Waals surface area contributed by atoms with Crippen LogP contribution in [0.5, 0.6) is 0 Å². The Balaban J connectivity index is 1.79. The van der Waals surface area contributed by atoms with Crippen LogP contribution in [0.15, 0.2) is 24.3 Å². The van der Waals surface area contributed by atoms with Crippen LogP contribution < -0.4 is 5.32 Å². The van der Waals surface area contributed by atoms with Crippen molar-refractivity contribution >= 4 is 10.8 Å². The predicted molar refractivity (Wildman–Crippen MR) is 68.9 cm³/mol. The van der Waals surface area contributed by atoms with Gasteiger partial charge in [0.25, 0.3) is 0 Å². The van der Waals surface area contributed by atoms with Crippen LogP contribution in [0.3, 0.4) is 0 Å². The molecule has 1 aromatic carbocycles. The van der Waals surface area contributed by atoms with E-state index in [0.717, 1.165) is 30.9 Å². The minimum Gasteiger partial charge on any atom is -0.310 e. The van der Waals surface area contributed by atoms with Crippen LogP contribution in [0.2, 0.25) is 0 Å². The van der Waals surface area contributed by atoms with Gasteiger partial charge < -0.3 is 5.32 Å². The predicted octanol–water partition coefficient (Wildman–Crippen LogP) is 2.00. The molecule has 1 aliphatic rings. The van der Waals surface area contributed by atoms with Crippen LogP contribution in [0.4, 0.5) is 0 Å². The Morgan fingerprint density at radius 1 is 1.25 bits per heavy atom. The molecule has 1 saturated heterocycles. The van der Waals surface area contributed by atoms with E-state index in [9.17, 15) is 4.21 Å². The molecule has 1 aromatic rings. The lowest BCUT2D eigenvalue weighted by molar-refractivity contribution is 0.475. The van der Waals surface area contributed by atoms with Crippen molar-refractivity contribution in [1.82, 2.24) is 5.32 Å². The van der Waals surface area contributed by atoms with Gasteiger partial charge in [0.15, 0.2) is 0 Å². The minimum atomic E-state index is -0.552. The summed E-state index contributed by atoms with van der Waals surface area (Å²) in [7, 11) is -0.552. The molecular weight excluding hydrogens is 218 g/mol. The SMILES string of the molecule is Cc1ccc(CNC2CCS(=O)CC2)cc1. The van der Waals surface area contributed by atoms with Crippen molar-refractivity contribution in [3.05, 3.63) is 35.4 Å². The summed E-state index contributed by atoms with van der Waals surface area (Å²) in [6.45, 7) is 3.03. The Labute approximate surface area is 99.9 Å². The minimum absolute atomic E-state index is 0.552. The average molecular weight is 237 g/mol. The van der Waals surface area contributed by atoms with Gasteiger partial charge in [0, 0.05) is 34.9 Å². The molecule has 0 saturated carbocycles. The van der Waals surface area contributed by atoms with Crippen LogP contribution in [-0.4, -0.2) is 21.8 Å². The highest BCUT2D eigenvalue weighted by molar-refractivity contribution is 7.85. The van der Waals surface area contributed by atoms with Crippen molar-refractivity contribution in [1.29, 1.82) is 0 Å². The number of rotatable bonds is 3. The molecule has 0 aromatic heterocycles. The van der Waals surface area contributed by atoms with E-state index in [1.54, 1.807) is 0 Å². The molecule has 0 spiro atoms. The maximum absolute atomic E-state index is 11.2. The molecule has 0 amide bonds. The number of hydrogen-bond donors (Lipinski definition) is 1. The van der Waals surface area contributed by atoms with Crippen molar-refractivity contribution < 1.29 is 4.21 Å². The highest BCUT2D eigenvalue weighted by atomic mass is 32.2. The van der Waals surface area contributed by atoms with Gasteiger partial charge in [-0.3, -0.25) is 4.21 Å². The monoisotopic (exact) mass is 237 g/mol. The normalized spacial score (nSPS) is 25.6. The maximum Gasteiger partial charge on any atom is 0.0249 e. The van der Waals surface area contributed by atoms with E-state index in [1.807, 2.05) is 0 Å². The van der Waals surface area contributed by atoms with Crippen LogP contribution in [-0.2, 0) is 17.3 Å². The quantitative estimate of drug-likeness (QED) is 0.871. The molecular formula is C13H19NOS. The second-order valence-electron chi connectivity index (χ2n) is 4.49. The van der Waals surface area contributed by atoms with E-state index >= 15 is 0 Å². The van der Waals surface area contributed by atoms with E-state index in [0.29, 0.717) is 6.04 Å². The average Bonchev–Trinajstić information content (AvgIpc) is 2.30. The third-order valence-electron chi connectivity index (χ3n) is 3.10. The molecule has 3 heteroatoms. The van der Waals surface area contributed by atoms with Crippen molar-refractivity contribution in [2.75, 3.05) is 11.5 Å². The summed E-state index contributed by atoms with van der Waals surface area (Å²) in [4.78, 5) is 0. The van der Waals surface area contributed by atoms with Crippen LogP contribution in [0, 0.1) is 6.92 Å². The fraction of sp³-hybridized carbons (Fsp3) is 0.538. The Morgan fingerprint density at radius 2 is 1.88 bits per heavy atom. The lowest BCUT2D eigenvalue weighted by Crippen LogP contribution is -2.35. The molecule has 88 valence electrons. The second kappa shape index (κ2) is 5.60. The Hall–Kier alpha value is -0.670. The zero-order valence-electron chi connectivity index (χ0n) is 9.74. The molecule has 0 radical (unpaired) electrons. The standard InChI is InChI=1S/C13H19NOS/c1-11-2-4-12(5-3-11)10-14-13-6-8-16(15)9-7-13/h2-5,13-14H,6-10H2,1H3. The highest BCUT2D eigenvalue weighted by Gasteiger charge is 2.16. The molecule has 2 nitrogen and oxygen atoms in total. The molecule has 0 aliphatic carbocycles. The maximum atomic E-state index is 11.2. The van der Waals surface area contributed by atoms with Crippen molar-refractivity contribution in [2.24, 2.45) is 0 Å². The van der Waals surface area contributed by atoms with Gasteiger partial charge in [-0.05, 0) is 25.3 Å². The van der Waals surface area contributed by atoms with Gasteiger partial charge in [-0.2, -0.15) is 0 Å². The molecule has 0 atom stereocenters. The molecule has 0 unspecified atom stereocenters. The van der Waals surface area contributed by atoms with Gasteiger partial charge >= 0.3 is 0 Å². The largest absolute Gasteiger partial charge is 0.310 e. The summed E-state index contributed by atoms with van der Waals surface area (Å²) in [5, 5.41) is 3.54. The van der Waals surface area contributed by atoms with Gasteiger partial charge in [0.2, 0.25) is 0 Å².